The van der Waals surface area contributed by atoms with Gasteiger partial charge in [0, 0.05) is 23.9 Å². The van der Waals surface area contributed by atoms with E-state index in [4.69, 9.17) is 11.6 Å². The highest BCUT2D eigenvalue weighted by molar-refractivity contribution is 7.09. The summed E-state index contributed by atoms with van der Waals surface area (Å²) in [5.74, 6) is -0.385. The number of hydrogen-bond acceptors (Lipinski definition) is 3. The number of nitrogens with one attached hydrogen (secondary N) is 1. The molecule has 0 fully saturated rings. The van der Waals surface area contributed by atoms with E-state index in [-0.39, 0.29) is 16.3 Å². The van der Waals surface area contributed by atoms with Crippen molar-refractivity contribution in [1.29, 1.82) is 0 Å². The first-order valence-corrected chi connectivity index (χ1v) is 7.71. The van der Waals surface area contributed by atoms with Crippen LogP contribution in [0.5, 0.6) is 0 Å². The van der Waals surface area contributed by atoms with E-state index in [2.05, 4.69) is 36.5 Å². The number of hydrogen-bond donors (Lipinski definition) is 1. The summed E-state index contributed by atoms with van der Waals surface area (Å²) in [5, 5.41) is 6.67. The Balaban J connectivity index is 1.89. The zero-order chi connectivity index (χ0) is 14.8. The molecule has 1 heterocycles. The van der Waals surface area contributed by atoms with Crippen molar-refractivity contribution in [2.45, 2.75) is 39.3 Å². The van der Waals surface area contributed by atoms with Gasteiger partial charge in [-0.2, -0.15) is 0 Å². The second-order valence-electron chi connectivity index (χ2n) is 5.75. The first-order valence-electron chi connectivity index (χ1n) is 6.46. The fourth-order valence-corrected chi connectivity index (χ4v) is 2.83. The van der Waals surface area contributed by atoms with E-state index in [9.17, 15) is 4.39 Å². The van der Waals surface area contributed by atoms with Gasteiger partial charge in [-0.05, 0) is 17.7 Å². The quantitative estimate of drug-likeness (QED) is 0.897. The van der Waals surface area contributed by atoms with Crippen LogP contribution in [0.3, 0.4) is 0 Å². The van der Waals surface area contributed by atoms with Crippen LogP contribution in [-0.4, -0.2) is 4.98 Å². The Morgan fingerprint density at radius 2 is 2.05 bits per heavy atom. The summed E-state index contributed by atoms with van der Waals surface area (Å²) in [6.45, 7) is 7.81. The zero-order valence-electron chi connectivity index (χ0n) is 11.8. The van der Waals surface area contributed by atoms with Crippen LogP contribution in [0.25, 0.3) is 0 Å². The summed E-state index contributed by atoms with van der Waals surface area (Å²) < 4.78 is 13.0. The molecule has 0 aliphatic heterocycles. The van der Waals surface area contributed by atoms with Gasteiger partial charge in [-0.3, -0.25) is 0 Å². The minimum atomic E-state index is -0.385. The maximum absolute atomic E-state index is 13.0. The first kappa shape index (κ1) is 15.4. The van der Waals surface area contributed by atoms with Crippen molar-refractivity contribution in [1.82, 2.24) is 10.3 Å². The van der Waals surface area contributed by atoms with Gasteiger partial charge in [0.1, 0.15) is 5.82 Å². The van der Waals surface area contributed by atoms with Crippen molar-refractivity contribution < 1.29 is 4.39 Å². The summed E-state index contributed by atoms with van der Waals surface area (Å²) in [7, 11) is 0. The first-order chi connectivity index (χ1) is 9.36. The molecule has 2 aromatic rings. The van der Waals surface area contributed by atoms with E-state index in [0.29, 0.717) is 13.1 Å². The van der Waals surface area contributed by atoms with Crippen molar-refractivity contribution in [3.63, 3.8) is 0 Å². The van der Waals surface area contributed by atoms with Crippen LogP contribution in [0.15, 0.2) is 23.6 Å². The van der Waals surface area contributed by atoms with Gasteiger partial charge in [-0.25, -0.2) is 9.37 Å². The summed E-state index contributed by atoms with van der Waals surface area (Å²) in [4.78, 5) is 4.61. The predicted molar refractivity (Wildman–Crippen MR) is 82.8 cm³/mol. The van der Waals surface area contributed by atoms with Gasteiger partial charge in [-0.1, -0.05) is 38.4 Å². The summed E-state index contributed by atoms with van der Waals surface area (Å²) in [6.07, 6.45) is 0. The molecule has 1 aromatic heterocycles. The highest BCUT2D eigenvalue weighted by Gasteiger charge is 2.17. The van der Waals surface area contributed by atoms with E-state index in [0.717, 1.165) is 16.3 Å². The highest BCUT2D eigenvalue weighted by Crippen LogP contribution is 2.25. The summed E-state index contributed by atoms with van der Waals surface area (Å²) in [5.41, 5.74) is 2.09. The van der Waals surface area contributed by atoms with Crippen LogP contribution in [-0.2, 0) is 18.5 Å². The predicted octanol–water partition coefficient (Wildman–Crippen LogP) is 4.52. The Morgan fingerprint density at radius 1 is 1.30 bits per heavy atom. The third-order valence-electron chi connectivity index (χ3n) is 2.81. The van der Waals surface area contributed by atoms with Crippen LogP contribution in [0.1, 0.15) is 37.0 Å². The largest absolute Gasteiger partial charge is 0.307 e. The topological polar surface area (TPSA) is 24.9 Å². The fraction of sp³-hybridized carbons (Fsp3) is 0.400. The van der Waals surface area contributed by atoms with Crippen LogP contribution in [0.2, 0.25) is 5.02 Å². The Kier molecular flexibility index (Phi) is 4.78. The number of thiazole rings is 1. The SMILES string of the molecule is CC(C)(C)c1nc(CNCc2ccc(F)c(Cl)c2)cs1. The molecule has 0 amide bonds. The molecule has 0 atom stereocenters. The molecule has 0 saturated carbocycles. The van der Waals surface area contributed by atoms with Crippen LogP contribution >= 0.6 is 22.9 Å². The van der Waals surface area contributed by atoms with Crippen molar-refractivity contribution in [2.75, 3.05) is 0 Å². The van der Waals surface area contributed by atoms with Crippen molar-refractivity contribution in [2.24, 2.45) is 0 Å². The van der Waals surface area contributed by atoms with Gasteiger partial charge in [0.25, 0.3) is 0 Å². The molecule has 0 aliphatic rings. The maximum atomic E-state index is 13.0. The fourth-order valence-electron chi connectivity index (χ4n) is 1.72. The molecule has 0 radical (unpaired) electrons. The number of halogens is 2. The van der Waals surface area contributed by atoms with E-state index in [1.54, 1.807) is 23.5 Å². The summed E-state index contributed by atoms with van der Waals surface area (Å²) >= 11 is 7.44. The van der Waals surface area contributed by atoms with Crippen LogP contribution in [0, 0.1) is 5.82 Å². The Hall–Kier alpha value is -0.970. The lowest BCUT2D eigenvalue weighted by Gasteiger charge is -2.13. The Labute approximate surface area is 128 Å². The minimum absolute atomic E-state index is 0.0907. The third-order valence-corrected chi connectivity index (χ3v) is 4.42. The molecular formula is C15H18ClFN2S. The summed E-state index contributed by atoms with van der Waals surface area (Å²) in [6, 6.07) is 4.77. The molecule has 20 heavy (non-hydrogen) atoms. The lowest BCUT2D eigenvalue weighted by molar-refractivity contribution is 0.579. The van der Waals surface area contributed by atoms with Gasteiger partial charge >= 0.3 is 0 Å². The standard InChI is InChI=1S/C15H18ClFN2S/c1-15(2,3)14-19-11(9-20-14)8-18-7-10-4-5-13(17)12(16)6-10/h4-6,9,18H,7-8H2,1-3H3. The normalized spacial score (nSPS) is 11.8. The number of nitrogens with zero attached hydrogens (tertiary/aromatic N) is 1. The number of rotatable bonds is 4. The second-order valence-corrected chi connectivity index (χ2v) is 7.01. The van der Waals surface area contributed by atoms with E-state index in [1.807, 2.05) is 0 Å². The van der Waals surface area contributed by atoms with Gasteiger partial charge in [0.05, 0.1) is 15.7 Å². The third kappa shape index (κ3) is 4.01. The maximum Gasteiger partial charge on any atom is 0.141 e. The molecule has 1 aromatic carbocycles. The van der Waals surface area contributed by atoms with Crippen LogP contribution in [0.4, 0.5) is 4.39 Å². The molecule has 108 valence electrons. The lowest BCUT2D eigenvalue weighted by atomic mass is 9.98. The van der Waals surface area contributed by atoms with Gasteiger partial charge in [-0.15, -0.1) is 11.3 Å². The zero-order valence-corrected chi connectivity index (χ0v) is 13.4. The van der Waals surface area contributed by atoms with E-state index < -0.39 is 0 Å². The van der Waals surface area contributed by atoms with E-state index in [1.165, 1.54) is 6.07 Å². The molecule has 5 heteroatoms. The molecule has 2 nitrogen and oxygen atoms in total. The Morgan fingerprint density at radius 3 is 2.65 bits per heavy atom. The number of aromatic nitrogens is 1. The van der Waals surface area contributed by atoms with Crippen molar-refractivity contribution >= 4 is 22.9 Å². The van der Waals surface area contributed by atoms with Gasteiger partial charge in [0.15, 0.2) is 0 Å². The molecule has 0 bridgehead atoms. The van der Waals surface area contributed by atoms with Crippen LogP contribution < -0.4 is 5.32 Å². The molecule has 2 rings (SSSR count). The molecule has 0 unspecified atom stereocenters. The molecule has 0 spiro atoms. The Bertz CT molecular complexity index is 590. The van der Waals surface area contributed by atoms with Crippen molar-refractivity contribution in [3.05, 3.63) is 50.7 Å². The smallest absolute Gasteiger partial charge is 0.141 e. The average molecular weight is 313 g/mol. The highest BCUT2D eigenvalue weighted by atomic mass is 35.5. The molecular weight excluding hydrogens is 295 g/mol. The second kappa shape index (κ2) is 6.20. The minimum Gasteiger partial charge on any atom is -0.307 e. The van der Waals surface area contributed by atoms with E-state index >= 15 is 0 Å². The van der Waals surface area contributed by atoms with Crippen molar-refractivity contribution in [3.8, 4) is 0 Å². The average Bonchev–Trinajstić information content (AvgIpc) is 2.82. The van der Waals surface area contributed by atoms with Gasteiger partial charge in [0.2, 0.25) is 0 Å². The lowest BCUT2D eigenvalue weighted by Crippen LogP contribution is -2.14. The molecule has 1 N–H and O–H groups in total. The number of benzene rings is 1. The monoisotopic (exact) mass is 312 g/mol. The molecule has 0 aliphatic carbocycles. The van der Waals surface area contributed by atoms with Gasteiger partial charge < -0.3 is 5.32 Å². The molecule has 0 saturated heterocycles.